The van der Waals surface area contributed by atoms with Crippen molar-refractivity contribution in [3.8, 4) is 17.1 Å². The van der Waals surface area contributed by atoms with Crippen molar-refractivity contribution in [1.29, 1.82) is 0 Å². The molecule has 3 rings (SSSR count). The molecule has 0 atom stereocenters. The number of carbonyl (C=O) groups is 1. The molecule has 0 aliphatic heterocycles. The van der Waals surface area contributed by atoms with Crippen molar-refractivity contribution < 1.29 is 18.4 Å². The quantitative estimate of drug-likeness (QED) is 0.623. The van der Waals surface area contributed by atoms with Gasteiger partial charge in [0.25, 0.3) is 0 Å². The molecule has 0 bridgehead atoms. The summed E-state index contributed by atoms with van der Waals surface area (Å²) in [6.45, 7) is 0.645. The van der Waals surface area contributed by atoms with E-state index in [-0.39, 0.29) is 18.1 Å². The molecule has 26 heavy (non-hydrogen) atoms. The first-order valence-electron chi connectivity index (χ1n) is 8.09. The van der Waals surface area contributed by atoms with Crippen molar-refractivity contribution in [2.24, 2.45) is 0 Å². The lowest BCUT2D eigenvalue weighted by Gasteiger charge is -2.07. The molecule has 0 aliphatic rings. The predicted molar refractivity (Wildman–Crippen MR) is 90.8 cm³/mol. The highest BCUT2D eigenvalue weighted by Crippen LogP contribution is 2.14. The maximum atomic E-state index is 12.8. The van der Waals surface area contributed by atoms with Gasteiger partial charge in [-0.05, 0) is 36.4 Å². The summed E-state index contributed by atoms with van der Waals surface area (Å²) in [7, 11) is 0. The summed E-state index contributed by atoms with van der Waals surface area (Å²) < 4.78 is 23.3. The Balaban J connectivity index is 1.36. The number of benzene rings is 1. The summed E-state index contributed by atoms with van der Waals surface area (Å²) in [4.78, 5) is 20.0. The van der Waals surface area contributed by atoms with Crippen LogP contribution in [0, 0.1) is 5.82 Å². The zero-order valence-electron chi connectivity index (χ0n) is 13.9. The van der Waals surface area contributed by atoms with Crippen molar-refractivity contribution in [2.45, 2.75) is 12.8 Å². The van der Waals surface area contributed by atoms with E-state index >= 15 is 0 Å². The number of carbonyl (C=O) groups excluding carboxylic acids is 1. The fourth-order valence-electron chi connectivity index (χ4n) is 2.17. The number of pyridine rings is 1. The van der Waals surface area contributed by atoms with E-state index in [1.54, 1.807) is 24.5 Å². The maximum Gasteiger partial charge on any atom is 0.227 e. The monoisotopic (exact) mass is 356 g/mol. The van der Waals surface area contributed by atoms with E-state index in [1.807, 2.05) is 0 Å². The van der Waals surface area contributed by atoms with Gasteiger partial charge in [-0.25, -0.2) is 4.39 Å². The van der Waals surface area contributed by atoms with Crippen LogP contribution in [0.1, 0.15) is 12.3 Å². The lowest BCUT2D eigenvalue weighted by Crippen LogP contribution is -2.28. The van der Waals surface area contributed by atoms with Gasteiger partial charge >= 0.3 is 0 Å². The number of hydrogen-bond donors (Lipinski definition) is 1. The van der Waals surface area contributed by atoms with E-state index in [1.165, 1.54) is 24.3 Å². The van der Waals surface area contributed by atoms with Crippen molar-refractivity contribution in [1.82, 2.24) is 20.4 Å². The van der Waals surface area contributed by atoms with Crippen LogP contribution in [0.3, 0.4) is 0 Å². The van der Waals surface area contributed by atoms with Crippen LogP contribution >= 0.6 is 0 Å². The average Bonchev–Trinajstić information content (AvgIpc) is 3.15. The smallest absolute Gasteiger partial charge is 0.227 e. The Morgan fingerprint density at radius 1 is 1.15 bits per heavy atom. The topological polar surface area (TPSA) is 90.1 Å². The summed E-state index contributed by atoms with van der Waals surface area (Å²) >= 11 is 0. The second-order valence-electron chi connectivity index (χ2n) is 5.40. The highest BCUT2D eigenvalue weighted by atomic mass is 19.1. The summed E-state index contributed by atoms with van der Waals surface area (Å²) in [6, 6.07) is 9.27. The number of halogens is 1. The van der Waals surface area contributed by atoms with Crippen LogP contribution in [0.4, 0.5) is 4.39 Å². The van der Waals surface area contributed by atoms with Gasteiger partial charge in [0.1, 0.15) is 18.2 Å². The molecule has 0 spiro atoms. The molecule has 0 radical (unpaired) electrons. The minimum atomic E-state index is -0.321. The number of rotatable bonds is 8. The molecule has 1 aromatic carbocycles. The Bertz CT molecular complexity index is 837. The molecule has 3 aromatic rings. The average molecular weight is 356 g/mol. The second-order valence-corrected chi connectivity index (χ2v) is 5.40. The van der Waals surface area contributed by atoms with E-state index in [2.05, 4.69) is 20.4 Å². The summed E-state index contributed by atoms with van der Waals surface area (Å²) in [6.07, 6.45) is 3.87. The third-order valence-corrected chi connectivity index (χ3v) is 3.48. The summed E-state index contributed by atoms with van der Waals surface area (Å²) in [5, 5.41) is 6.62. The van der Waals surface area contributed by atoms with E-state index in [0.717, 1.165) is 5.56 Å². The van der Waals surface area contributed by atoms with Gasteiger partial charge in [0.15, 0.2) is 0 Å². The Morgan fingerprint density at radius 3 is 2.69 bits per heavy atom. The van der Waals surface area contributed by atoms with Crippen molar-refractivity contribution in [3.05, 3.63) is 60.5 Å². The first kappa shape index (κ1) is 17.5. The van der Waals surface area contributed by atoms with Gasteiger partial charge in [-0.1, -0.05) is 5.16 Å². The van der Waals surface area contributed by atoms with Gasteiger partial charge in [-0.2, -0.15) is 4.98 Å². The third kappa shape index (κ3) is 5.10. The molecule has 8 heteroatoms. The molecule has 134 valence electrons. The van der Waals surface area contributed by atoms with Gasteiger partial charge in [0.2, 0.25) is 17.6 Å². The maximum absolute atomic E-state index is 12.8. The minimum absolute atomic E-state index is 0.142. The van der Waals surface area contributed by atoms with E-state index in [4.69, 9.17) is 9.26 Å². The van der Waals surface area contributed by atoms with Crippen LogP contribution in [0.15, 0.2) is 53.3 Å². The third-order valence-electron chi connectivity index (χ3n) is 3.48. The Morgan fingerprint density at radius 2 is 1.92 bits per heavy atom. The highest BCUT2D eigenvalue weighted by molar-refractivity contribution is 5.76. The molecule has 0 fully saturated rings. The van der Waals surface area contributed by atoms with Crippen LogP contribution in [-0.2, 0) is 11.2 Å². The fraction of sp³-hybridized carbons (Fsp3) is 0.222. The van der Waals surface area contributed by atoms with Gasteiger partial charge in [0.05, 0.1) is 6.54 Å². The number of amides is 1. The largest absolute Gasteiger partial charge is 0.492 e. The number of nitrogens with one attached hydrogen (secondary N) is 1. The fourth-order valence-corrected chi connectivity index (χ4v) is 2.17. The lowest BCUT2D eigenvalue weighted by molar-refractivity contribution is -0.121. The molecule has 2 heterocycles. The van der Waals surface area contributed by atoms with Crippen LogP contribution < -0.4 is 10.1 Å². The number of hydrogen-bond acceptors (Lipinski definition) is 6. The van der Waals surface area contributed by atoms with Crippen molar-refractivity contribution >= 4 is 5.91 Å². The van der Waals surface area contributed by atoms with Gasteiger partial charge < -0.3 is 14.6 Å². The molecule has 1 N–H and O–H groups in total. The predicted octanol–water partition coefficient (Wildman–Crippen LogP) is 2.40. The normalized spacial score (nSPS) is 10.5. The van der Waals surface area contributed by atoms with Crippen LogP contribution in [0.25, 0.3) is 11.4 Å². The Kier molecular flexibility index (Phi) is 5.87. The number of aromatic nitrogens is 3. The molecule has 2 aromatic heterocycles. The lowest BCUT2D eigenvalue weighted by atomic mass is 10.2. The number of aryl methyl sites for hydroxylation is 1. The zero-order chi connectivity index (χ0) is 18.2. The Labute approximate surface area is 149 Å². The summed E-state index contributed by atoms with van der Waals surface area (Å²) in [5.41, 5.74) is 0.803. The zero-order valence-corrected chi connectivity index (χ0v) is 13.9. The molecule has 0 unspecified atom stereocenters. The van der Waals surface area contributed by atoms with Crippen LogP contribution in [-0.4, -0.2) is 34.2 Å². The molecular weight excluding hydrogens is 339 g/mol. The molecular formula is C18H17FN4O3. The number of ether oxygens (including phenoxy) is 1. The first-order chi connectivity index (χ1) is 12.7. The minimum Gasteiger partial charge on any atom is -0.492 e. The van der Waals surface area contributed by atoms with E-state index in [0.29, 0.717) is 37.0 Å². The molecule has 7 nitrogen and oxygen atoms in total. The SMILES string of the molecule is O=C(CCc1nc(-c2ccncc2)no1)NCCOc1ccc(F)cc1. The second kappa shape index (κ2) is 8.70. The first-order valence-corrected chi connectivity index (χ1v) is 8.09. The van der Waals surface area contributed by atoms with Gasteiger partial charge in [-0.3, -0.25) is 9.78 Å². The van der Waals surface area contributed by atoms with Crippen molar-refractivity contribution in [2.75, 3.05) is 13.2 Å². The van der Waals surface area contributed by atoms with Crippen molar-refractivity contribution in [3.63, 3.8) is 0 Å². The summed E-state index contributed by atoms with van der Waals surface area (Å²) in [5.74, 6) is 0.954. The van der Waals surface area contributed by atoms with Crippen LogP contribution in [0.2, 0.25) is 0 Å². The molecule has 1 amide bonds. The number of nitrogens with zero attached hydrogens (tertiary/aromatic N) is 3. The van der Waals surface area contributed by atoms with E-state index < -0.39 is 0 Å². The Hall–Kier alpha value is -3.29. The molecule has 0 saturated carbocycles. The van der Waals surface area contributed by atoms with Gasteiger partial charge in [-0.15, -0.1) is 0 Å². The standard InChI is InChI=1S/C18H17FN4O3/c19-14-1-3-15(4-2-14)25-12-11-21-16(24)5-6-17-22-18(23-26-17)13-7-9-20-10-8-13/h1-4,7-10H,5-6,11-12H2,(H,21,24). The molecule has 0 aliphatic carbocycles. The van der Waals surface area contributed by atoms with E-state index in [9.17, 15) is 9.18 Å². The molecule has 0 saturated heterocycles. The van der Waals surface area contributed by atoms with Gasteiger partial charge in [0, 0.05) is 30.8 Å². The van der Waals surface area contributed by atoms with Crippen LogP contribution in [0.5, 0.6) is 5.75 Å². The highest BCUT2D eigenvalue weighted by Gasteiger charge is 2.10.